The van der Waals surface area contributed by atoms with Crippen molar-refractivity contribution in [1.82, 2.24) is 9.80 Å². The fraction of sp³-hybridized carbons (Fsp3) is 0.867. The van der Waals surface area contributed by atoms with Crippen molar-refractivity contribution < 1.29 is 9.59 Å². The van der Waals surface area contributed by atoms with E-state index in [1.165, 1.54) is 0 Å². The van der Waals surface area contributed by atoms with Crippen LogP contribution < -0.4 is 5.73 Å². The number of amides is 2. The first-order valence-electron chi connectivity index (χ1n) is 7.88. The van der Waals surface area contributed by atoms with Crippen molar-refractivity contribution in [2.24, 2.45) is 11.7 Å². The fourth-order valence-electron chi connectivity index (χ4n) is 3.17. The van der Waals surface area contributed by atoms with Gasteiger partial charge in [0.1, 0.15) is 0 Å². The van der Waals surface area contributed by atoms with E-state index in [2.05, 4.69) is 6.92 Å². The first-order valence-corrected chi connectivity index (χ1v) is 7.88. The molecule has 2 aliphatic heterocycles. The van der Waals surface area contributed by atoms with Gasteiger partial charge in [-0.3, -0.25) is 9.59 Å². The van der Waals surface area contributed by atoms with Gasteiger partial charge in [-0.2, -0.15) is 0 Å². The summed E-state index contributed by atoms with van der Waals surface area (Å²) in [6, 6.07) is -0.208. The van der Waals surface area contributed by atoms with E-state index in [4.69, 9.17) is 5.73 Å². The standard InChI is InChI=1S/C15H27N3O2/c1-3-11(2)14(16)15(20)17-8-4-6-12(10-17)18-9-5-7-13(18)19/h11-12,14H,3-10,16H2,1-2H3/t11-,12-,14-/m0/s1. The Morgan fingerprint density at radius 2 is 2.15 bits per heavy atom. The molecule has 2 rings (SSSR count). The SMILES string of the molecule is CC[C@H](C)[C@H](N)C(=O)N1CCC[C@H](N2CCCC2=O)C1. The molecule has 2 aliphatic rings. The summed E-state index contributed by atoms with van der Waals surface area (Å²) >= 11 is 0. The summed E-state index contributed by atoms with van der Waals surface area (Å²) < 4.78 is 0. The Kier molecular flexibility index (Phi) is 5.02. The van der Waals surface area contributed by atoms with E-state index in [0.717, 1.165) is 38.8 Å². The first kappa shape index (κ1) is 15.3. The van der Waals surface area contributed by atoms with Gasteiger partial charge in [0, 0.05) is 32.1 Å². The van der Waals surface area contributed by atoms with Crippen LogP contribution >= 0.6 is 0 Å². The molecule has 5 heteroatoms. The smallest absolute Gasteiger partial charge is 0.239 e. The largest absolute Gasteiger partial charge is 0.339 e. The Balaban J connectivity index is 1.96. The van der Waals surface area contributed by atoms with Gasteiger partial charge in [0.15, 0.2) is 0 Å². The first-order chi connectivity index (χ1) is 9.54. The van der Waals surface area contributed by atoms with Gasteiger partial charge in [0.25, 0.3) is 0 Å². The third-order valence-corrected chi connectivity index (χ3v) is 4.80. The number of nitrogens with two attached hydrogens (primary N) is 1. The van der Waals surface area contributed by atoms with Gasteiger partial charge in [-0.1, -0.05) is 20.3 Å². The highest BCUT2D eigenvalue weighted by molar-refractivity contribution is 5.82. The molecule has 2 heterocycles. The molecular formula is C15H27N3O2. The topological polar surface area (TPSA) is 66.6 Å². The summed E-state index contributed by atoms with van der Waals surface area (Å²) in [4.78, 5) is 28.1. The molecular weight excluding hydrogens is 254 g/mol. The third-order valence-electron chi connectivity index (χ3n) is 4.80. The summed E-state index contributed by atoms with van der Waals surface area (Å²) in [6.45, 7) is 6.37. The van der Waals surface area contributed by atoms with E-state index < -0.39 is 6.04 Å². The number of hydrogen-bond acceptors (Lipinski definition) is 3. The lowest BCUT2D eigenvalue weighted by Crippen LogP contribution is -2.55. The second-order valence-corrected chi connectivity index (χ2v) is 6.18. The van der Waals surface area contributed by atoms with Gasteiger partial charge in [0.2, 0.25) is 11.8 Å². The Morgan fingerprint density at radius 1 is 1.40 bits per heavy atom. The molecule has 0 aromatic rings. The minimum Gasteiger partial charge on any atom is -0.339 e. The maximum Gasteiger partial charge on any atom is 0.239 e. The summed E-state index contributed by atoms with van der Waals surface area (Å²) in [6.07, 6.45) is 4.50. The maximum atomic E-state index is 12.4. The molecule has 0 saturated carbocycles. The quantitative estimate of drug-likeness (QED) is 0.835. The van der Waals surface area contributed by atoms with Crippen LogP contribution in [0, 0.1) is 5.92 Å². The van der Waals surface area contributed by atoms with Gasteiger partial charge < -0.3 is 15.5 Å². The zero-order chi connectivity index (χ0) is 14.7. The van der Waals surface area contributed by atoms with Crippen molar-refractivity contribution >= 4 is 11.8 Å². The molecule has 2 amide bonds. The van der Waals surface area contributed by atoms with Crippen LogP contribution in [0.2, 0.25) is 0 Å². The molecule has 0 unspecified atom stereocenters. The van der Waals surface area contributed by atoms with Crippen molar-refractivity contribution in [2.75, 3.05) is 19.6 Å². The van der Waals surface area contributed by atoms with Crippen molar-refractivity contribution in [3.63, 3.8) is 0 Å². The minimum atomic E-state index is -0.409. The molecule has 0 radical (unpaired) electrons. The second-order valence-electron chi connectivity index (χ2n) is 6.18. The average molecular weight is 281 g/mol. The molecule has 0 aromatic heterocycles. The van der Waals surface area contributed by atoms with E-state index in [1.54, 1.807) is 0 Å². The number of likely N-dealkylation sites (tertiary alicyclic amines) is 2. The van der Waals surface area contributed by atoms with Crippen LogP contribution in [0.25, 0.3) is 0 Å². The highest BCUT2D eigenvalue weighted by atomic mass is 16.2. The van der Waals surface area contributed by atoms with Crippen LogP contribution in [0.15, 0.2) is 0 Å². The Bertz CT molecular complexity index is 372. The zero-order valence-electron chi connectivity index (χ0n) is 12.7. The van der Waals surface area contributed by atoms with E-state index >= 15 is 0 Å². The summed E-state index contributed by atoms with van der Waals surface area (Å²) in [5, 5.41) is 0. The highest BCUT2D eigenvalue weighted by Gasteiger charge is 2.34. The number of rotatable bonds is 4. The van der Waals surface area contributed by atoms with Crippen LogP contribution in [0.4, 0.5) is 0 Å². The summed E-state index contributed by atoms with van der Waals surface area (Å²) in [7, 11) is 0. The fourth-order valence-corrected chi connectivity index (χ4v) is 3.17. The molecule has 0 aromatic carbocycles. The van der Waals surface area contributed by atoms with Gasteiger partial charge in [-0.15, -0.1) is 0 Å². The minimum absolute atomic E-state index is 0.0516. The lowest BCUT2D eigenvalue weighted by Gasteiger charge is -2.39. The van der Waals surface area contributed by atoms with Crippen molar-refractivity contribution in [1.29, 1.82) is 0 Å². The third kappa shape index (κ3) is 3.14. The molecule has 2 fully saturated rings. The maximum absolute atomic E-state index is 12.4. The molecule has 2 saturated heterocycles. The normalized spacial score (nSPS) is 26.8. The van der Waals surface area contributed by atoms with Gasteiger partial charge >= 0.3 is 0 Å². The van der Waals surface area contributed by atoms with Crippen LogP contribution in [0.3, 0.4) is 0 Å². The highest BCUT2D eigenvalue weighted by Crippen LogP contribution is 2.22. The van der Waals surface area contributed by atoms with Crippen LogP contribution in [-0.4, -0.2) is 53.3 Å². The Hall–Kier alpha value is -1.10. The number of carbonyl (C=O) groups is 2. The monoisotopic (exact) mass is 281 g/mol. The Morgan fingerprint density at radius 3 is 2.75 bits per heavy atom. The predicted octanol–water partition coefficient (Wildman–Crippen LogP) is 0.973. The Labute approximate surface area is 121 Å². The second kappa shape index (κ2) is 6.57. The van der Waals surface area contributed by atoms with E-state index in [0.29, 0.717) is 13.0 Å². The van der Waals surface area contributed by atoms with Gasteiger partial charge in [-0.05, 0) is 25.2 Å². The lowest BCUT2D eigenvalue weighted by molar-refractivity contribution is -0.139. The van der Waals surface area contributed by atoms with Gasteiger partial charge in [-0.25, -0.2) is 0 Å². The van der Waals surface area contributed by atoms with Crippen molar-refractivity contribution in [3.05, 3.63) is 0 Å². The zero-order valence-corrected chi connectivity index (χ0v) is 12.7. The molecule has 0 spiro atoms. The van der Waals surface area contributed by atoms with Gasteiger partial charge in [0.05, 0.1) is 6.04 Å². The molecule has 5 nitrogen and oxygen atoms in total. The number of hydrogen-bond donors (Lipinski definition) is 1. The molecule has 0 bridgehead atoms. The van der Waals surface area contributed by atoms with Crippen molar-refractivity contribution in [2.45, 2.75) is 58.0 Å². The average Bonchev–Trinajstić information content (AvgIpc) is 2.91. The lowest BCUT2D eigenvalue weighted by atomic mass is 9.97. The number of piperidine rings is 1. The summed E-state index contributed by atoms with van der Waals surface area (Å²) in [5.41, 5.74) is 6.06. The molecule has 3 atom stereocenters. The van der Waals surface area contributed by atoms with Crippen LogP contribution in [-0.2, 0) is 9.59 Å². The van der Waals surface area contributed by atoms with Crippen molar-refractivity contribution in [3.8, 4) is 0 Å². The summed E-state index contributed by atoms with van der Waals surface area (Å²) in [5.74, 6) is 0.502. The van der Waals surface area contributed by atoms with Crippen LogP contribution in [0.1, 0.15) is 46.0 Å². The van der Waals surface area contributed by atoms with E-state index in [-0.39, 0.29) is 23.8 Å². The molecule has 0 aliphatic carbocycles. The molecule has 114 valence electrons. The van der Waals surface area contributed by atoms with E-state index in [1.807, 2.05) is 16.7 Å². The molecule has 2 N–H and O–H groups in total. The van der Waals surface area contributed by atoms with Crippen LogP contribution in [0.5, 0.6) is 0 Å². The van der Waals surface area contributed by atoms with E-state index in [9.17, 15) is 9.59 Å². The number of carbonyl (C=O) groups excluding carboxylic acids is 2. The number of nitrogens with zero attached hydrogens (tertiary/aromatic N) is 2. The molecule has 20 heavy (non-hydrogen) atoms. The predicted molar refractivity (Wildman–Crippen MR) is 78.0 cm³/mol.